The van der Waals surface area contributed by atoms with Gasteiger partial charge in [0.2, 0.25) is 11.9 Å². The second kappa shape index (κ2) is 18.1. The SMILES string of the molecule is Nc1nc2c(ncn2[C@@H]2O[C@H](COP(=O)(O)O[C@H]3[C@@H](O)[C@H](n4cnc5c(N)ncnc54)O[C@@H]3COP(=O)(O)O[C@H]3[C@@H](O)[C@H](n4cnc5c(=O)[nH]c(N)nc54)O[C@@H]3COP(=O)(O)O)[C@@H](O)[C@H]2O)c(=O)[nH]1. The zero-order chi connectivity index (χ0) is 49.5. The second-order valence-corrected chi connectivity index (χ2v) is 19.3. The smallest absolute Gasteiger partial charge is 0.387 e. The molecule has 3 saturated heterocycles. The molecule has 9 rings (SSSR count). The molecule has 3 fully saturated rings. The summed E-state index contributed by atoms with van der Waals surface area (Å²) in [6.45, 7) is -3.20. The van der Waals surface area contributed by atoms with E-state index in [1.54, 1.807) is 0 Å². The van der Waals surface area contributed by atoms with Crippen LogP contribution in [0.1, 0.15) is 18.7 Å². The van der Waals surface area contributed by atoms with Gasteiger partial charge in [-0.15, -0.1) is 0 Å². The highest BCUT2D eigenvalue weighted by Gasteiger charge is 2.53. The third-order valence-electron chi connectivity index (χ3n) is 10.8. The molecule has 2 unspecified atom stereocenters. The maximum Gasteiger partial charge on any atom is 0.472 e. The maximum atomic E-state index is 13.7. The van der Waals surface area contributed by atoms with E-state index in [1.807, 2.05) is 0 Å². The van der Waals surface area contributed by atoms with Gasteiger partial charge in [0.15, 0.2) is 52.5 Å². The summed E-state index contributed by atoms with van der Waals surface area (Å²) in [6, 6.07) is 0. The Kier molecular flexibility index (Phi) is 12.8. The van der Waals surface area contributed by atoms with E-state index in [9.17, 15) is 63.3 Å². The van der Waals surface area contributed by atoms with Gasteiger partial charge in [-0.3, -0.25) is 55.9 Å². The van der Waals surface area contributed by atoms with Gasteiger partial charge < -0.3 is 71.4 Å². The third kappa shape index (κ3) is 9.53. The number of phosphoric acid groups is 3. The van der Waals surface area contributed by atoms with Crippen molar-refractivity contribution in [3.05, 3.63) is 46.0 Å². The Morgan fingerprint density at radius 1 is 0.565 bits per heavy atom. The number of aliphatic hydroxyl groups is 4. The van der Waals surface area contributed by atoms with E-state index in [4.69, 9.17) is 49.5 Å². The zero-order valence-corrected chi connectivity index (χ0v) is 37.0. The van der Waals surface area contributed by atoms with Crippen molar-refractivity contribution < 1.29 is 90.5 Å². The largest absolute Gasteiger partial charge is 0.472 e. The lowest BCUT2D eigenvalue weighted by molar-refractivity contribution is -0.0616. The Bertz CT molecular complexity index is 3180. The number of aliphatic hydroxyl groups excluding tert-OH is 4. The van der Waals surface area contributed by atoms with E-state index < -0.39 is 128 Å². The number of nitrogen functional groups attached to an aromatic ring is 3. The van der Waals surface area contributed by atoms with Gasteiger partial charge in [-0.05, 0) is 0 Å². The van der Waals surface area contributed by atoms with Crippen molar-refractivity contribution in [2.45, 2.75) is 73.6 Å². The molecule has 6 aromatic rings. The number of phosphoric ester groups is 3. The van der Waals surface area contributed by atoms with Crippen LogP contribution in [0.15, 0.2) is 34.9 Å². The average Bonchev–Trinajstić information content (AvgIpc) is 4.13. The van der Waals surface area contributed by atoms with Crippen molar-refractivity contribution in [1.82, 2.24) is 58.6 Å². The number of hydrogen-bond acceptors (Lipinski definition) is 27. The minimum Gasteiger partial charge on any atom is -0.387 e. The first-order valence-corrected chi connectivity index (χ1v) is 24.1. The third-order valence-corrected chi connectivity index (χ3v) is 13.2. The normalized spacial score (nSPS) is 30.4. The van der Waals surface area contributed by atoms with Crippen LogP contribution in [0.2, 0.25) is 0 Å². The number of fused-ring (bicyclic) bond motifs is 3. The number of nitrogens with one attached hydrogen (secondary N) is 2. The Balaban J connectivity index is 0.932. The number of anilines is 3. The lowest BCUT2D eigenvalue weighted by Crippen LogP contribution is -2.38. The molecule has 9 heterocycles. The number of hydrogen-bond donors (Lipinski definition) is 13. The lowest BCUT2D eigenvalue weighted by Gasteiger charge is -2.26. The summed E-state index contributed by atoms with van der Waals surface area (Å²) in [5.74, 6) is -0.779. The van der Waals surface area contributed by atoms with Gasteiger partial charge in [-0.25, -0.2) is 38.6 Å². The predicted molar refractivity (Wildman–Crippen MR) is 220 cm³/mol. The maximum absolute atomic E-state index is 13.7. The highest BCUT2D eigenvalue weighted by molar-refractivity contribution is 7.47. The summed E-state index contributed by atoms with van der Waals surface area (Å²) in [5.41, 5.74) is 14.8. The predicted octanol–water partition coefficient (Wildman–Crippen LogP) is -4.91. The van der Waals surface area contributed by atoms with E-state index in [-0.39, 0.29) is 51.2 Å². The summed E-state index contributed by atoms with van der Waals surface area (Å²) < 4.78 is 84.8. The van der Waals surface area contributed by atoms with Crippen molar-refractivity contribution in [3.8, 4) is 0 Å². The molecule has 0 spiro atoms. The van der Waals surface area contributed by atoms with Crippen molar-refractivity contribution in [2.24, 2.45) is 0 Å². The minimum absolute atomic E-state index is 0.0263. The fraction of sp³-hybridized carbons (Fsp3) is 0.500. The molecule has 16 N–H and O–H groups in total. The number of rotatable bonds is 16. The molecule has 39 heteroatoms. The van der Waals surface area contributed by atoms with Crippen LogP contribution in [0.25, 0.3) is 33.5 Å². The van der Waals surface area contributed by atoms with Crippen molar-refractivity contribution in [3.63, 3.8) is 0 Å². The summed E-state index contributed by atoms with van der Waals surface area (Å²) >= 11 is 0. The van der Waals surface area contributed by atoms with Gasteiger partial charge >= 0.3 is 23.5 Å². The molecular weight excluding hydrogens is 999 g/mol. The molecule has 6 aromatic heterocycles. The molecule has 0 bridgehead atoms. The number of H-pyrrole nitrogens is 2. The Morgan fingerprint density at radius 3 is 1.48 bits per heavy atom. The molecule has 69 heavy (non-hydrogen) atoms. The number of aromatic nitrogens is 12. The molecule has 0 saturated carbocycles. The monoisotopic (exact) mass is 1040 g/mol. The minimum atomic E-state index is -5.56. The van der Waals surface area contributed by atoms with Crippen LogP contribution in [0.3, 0.4) is 0 Å². The molecule has 0 aromatic carbocycles. The van der Waals surface area contributed by atoms with E-state index >= 15 is 0 Å². The summed E-state index contributed by atoms with van der Waals surface area (Å²) in [7, 11) is -16.3. The Hall–Kier alpha value is -5.30. The van der Waals surface area contributed by atoms with Gasteiger partial charge in [0.1, 0.15) is 66.8 Å². The van der Waals surface area contributed by atoms with Crippen LogP contribution in [0, 0.1) is 0 Å². The summed E-state index contributed by atoms with van der Waals surface area (Å²) in [6.07, 6.45) is -17.5. The van der Waals surface area contributed by atoms with E-state index in [0.29, 0.717) is 0 Å². The summed E-state index contributed by atoms with van der Waals surface area (Å²) in [4.78, 5) is 97.7. The number of aromatic amines is 2. The molecule has 374 valence electrons. The van der Waals surface area contributed by atoms with Crippen LogP contribution in [0.5, 0.6) is 0 Å². The molecule has 3 aliphatic heterocycles. The van der Waals surface area contributed by atoms with Gasteiger partial charge in [-0.2, -0.15) is 9.97 Å². The zero-order valence-electron chi connectivity index (χ0n) is 34.3. The number of imidazole rings is 3. The van der Waals surface area contributed by atoms with E-state index in [1.165, 1.54) is 0 Å². The molecule has 0 radical (unpaired) electrons. The highest BCUT2D eigenvalue weighted by atomic mass is 31.2. The molecule has 36 nitrogen and oxygen atoms in total. The highest BCUT2D eigenvalue weighted by Crippen LogP contribution is 2.53. The molecule has 3 aliphatic rings. The fourth-order valence-electron chi connectivity index (χ4n) is 7.71. The quantitative estimate of drug-likeness (QED) is 0.0404. The van der Waals surface area contributed by atoms with E-state index in [0.717, 1.165) is 39.0 Å². The van der Waals surface area contributed by atoms with Gasteiger partial charge in [0, 0.05) is 0 Å². The van der Waals surface area contributed by atoms with Gasteiger partial charge in [-0.1, -0.05) is 0 Å². The van der Waals surface area contributed by atoms with Crippen LogP contribution < -0.4 is 28.3 Å². The molecular formula is C30H38N15O21P3. The van der Waals surface area contributed by atoms with Crippen molar-refractivity contribution >= 4 is 74.7 Å². The van der Waals surface area contributed by atoms with Crippen molar-refractivity contribution in [1.29, 1.82) is 0 Å². The standard InChI is InChI=1S/C30H38N15O21P3/c31-20-11-21(35-4-34-20)43(5-36-11)27-16(48)19(66-68(55,56)60-1-8-14(46)15(47)26(62-8)44-6-37-12-22(44)39-29(32)41-24(12)50)10(64-27)3-61-69(57,58)65-18-9(2-59-67(52,53)54)63-28(17(18)49)45-7-38-13-23(45)40-30(33)42-25(13)51/h4-10,14-19,26-28,46-49H,1-3H2,(H,55,56)(H,57,58)(H2,31,34,35)(H2,52,53,54)(H3,32,39,41,50)(H3,33,40,42,51)/t8-,9-,10-,14-,15-,16-,17-,18-,19-,26-,27-,28-/m1/s1. The average molecular weight is 1040 g/mol. The van der Waals surface area contributed by atoms with E-state index in [2.05, 4.69) is 49.4 Å². The Labute approximate surface area is 380 Å². The first kappa shape index (κ1) is 48.7. The van der Waals surface area contributed by atoms with Gasteiger partial charge in [0.25, 0.3) is 11.1 Å². The van der Waals surface area contributed by atoms with Crippen LogP contribution >= 0.6 is 23.5 Å². The van der Waals surface area contributed by atoms with Crippen LogP contribution in [-0.4, -0.2) is 173 Å². The Morgan fingerprint density at radius 2 is 0.986 bits per heavy atom. The number of nitrogens with two attached hydrogens (primary N) is 3. The number of ether oxygens (including phenoxy) is 3. The first-order valence-electron chi connectivity index (χ1n) is 19.6. The van der Waals surface area contributed by atoms with Gasteiger partial charge in [0.05, 0.1) is 38.8 Å². The first-order chi connectivity index (χ1) is 32.5. The summed E-state index contributed by atoms with van der Waals surface area (Å²) in [5, 5.41) is 44.6. The molecule has 14 atom stereocenters. The number of nitrogens with zero attached hydrogens (tertiary/aromatic N) is 10. The molecule has 0 aliphatic carbocycles. The van der Waals surface area contributed by atoms with Crippen LogP contribution in [0.4, 0.5) is 17.7 Å². The molecule has 0 amide bonds. The second-order valence-electron chi connectivity index (χ2n) is 15.2. The fourth-order valence-corrected chi connectivity index (χ4v) is 9.98. The lowest BCUT2D eigenvalue weighted by atomic mass is 10.1. The van der Waals surface area contributed by atoms with Crippen LogP contribution in [-0.2, 0) is 50.5 Å². The topological polar surface area (TPSA) is 536 Å². The van der Waals surface area contributed by atoms with Crippen molar-refractivity contribution in [2.75, 3.05) is 37.0 Å².